The molecule has 0 radical (unpaired) electrons. The van der Waals surface area contributed by atoms with E-state index in [1.807, 2.05) is 45.0 Å². The molecule has 1 aromatic heterocycles. The van der Waals surface area contributed by atoms with Crippen LogP contribution in [-0.4, -0.2) is 15.9 Å². The summed E-state index contributed by atoms with van der Waals surface area (Å²) in [6.45, 7) is 8.16. The van der Waals surface area contributed by atoms with Gasteiger partial charge in [-0.25, -0.2) is 4.68 Å². The van der Waals surface area contributed by atoms with Crippen molar-refractivity contribution in [3.8, 4) is 29.2 Å². The maximum Gasteiger partial charge on any atom is 0.278 e. The van der Waals surface area contributed by atoms with Gasteiger partial charge in [-0.15, -0.1) is 6.42 Å². The number of hydrogen-bond acceptors (Lipinski definition) is 3. The van der Waals surface area contributed by atoms with Crippen LogP contribution in [0.2, 0.25) is 0 Å². The van der Waals surface area contributed by atoms with Gasteiger partial charge in [-0.05, 0) is 38.3 Å². The maximum absolute atomic E-state index is 12.9. The van der Waals surface area contributed by atoms with E-state index >= 15 is 0 Å². The summed E-state index contributed by atoms with van der Waals surface area (Å²) in [5, 5.41) is 4.42. The van der Waals surface area contributed by atoms with Gasteiger partial charge in [0, 0.05) is 6.54 Å². The van der Waals surface area contributed by atoms with E-state index in [9.17, 15) is 4.79 Å². The van der Waals surface area contributed by atoms with Crippen LogP contribution in [0.3, 0.4) is 0 Å². The van der Waals surface area contributed by atoms with Crippen molar-refractivity contribution in [3.05, 3.63) is 45.9 Å². The number of terminal acetylenes is 1. The number of aromatic nitrogens is 2. The first-order valence-electron chi connectivity index (χ1n) is 7.86. The van der Waals surface area contributed by atoms with Crippen LogP contribution in [0.25, 0.3) is 11.1 Å². The topological polar surface area (TPSA) is 44.1 Å². The monoisotopic (exact) mass is 310 g/mol. The Kier molecular flexibility index (Phi) is 5.23. The smallest absolute Gasteiger partial charge is 0.278 e. The normalized spacial score (nSPS) is 11.8. The zero-order valence-corrected chi connectivity index (χ0v) is 14.1. The summed E-state index contributed by atoms with van der Waals surface area (Å²) in [6.07, 6.45) is 5.68. The molecule has 1 atom stereocenters. The van der Waals surface area contributed by atoms with Gasteiger partial charge in [-0.2, -0.15) is 5.10 Å². The lowest BCUT2D eigenvalue weighted by molar-refractivity contribution is 0.273. The Labute approximate surface area is 137 Å². The van der Waals surface area contributed by atoms with Crippen LogP contribution in [0.5, 0.6) is 5.75 Å². The van der Waals surface area contributed by atoms with Gasteiger partial charge in [0.1, 0.15) is 5.69 Å². The first kappa shape index (κ1) is 16.8. The van der Waals surface area contributed by atoms with Crippen molar-refractivity contribution >= 4 is 0 Å². The number of benzene rings is 1. The SMILES string of the molecule is C#CC(C)Oc1c(CC)nn(CC)c(=O)c1-c1ccccc1C. The minimum Gasteiger partial charge on any atom is -0.475 e. The third-order valence-electron chi connectivity index (χ3n) is 3.76. The van der Waals surface area contributed by atoms with Gasteiger partial charge in [0.15, 0.2) is 11.9 Å². The summed E-state index contributed by atoms with van der Waals surface area (Å²) in [7, 11) is 0. The molecule has 0 amide bonds. The van der Waals surface area contributed by atoms with E-state index in [-0.39, 0.29) is 5.56 Å². The molecule has 0 spiro atoms. The van der Waals surface area contributed by atoms with Crippen molar-refractivity contribution in [1.82, 2.24) is 9.78 Å². The van der Waals surface area contributed by atoms with E-state index < -0.39 is 6.10 Å². The molecular weight excluding hydrogens is 288 g/mol. The van der Waals surface area contributed by atoms with Crippen LogP contribution in [0.15, 0.2) is 29.1 Å². The Morgan fingerprint density at radius 3 is 2.61 bits per heavy atom. The molecule has 0 fully saturated rings. The van der Waals surface area contributed by atoms with Crippen molar-refractivity contribution in [2.75, 3.05) is 0 Å². The second kappa shape index (κ2) is 7.15. The van der Waals surface area contributed by atoms with Crippen LogP contribution < -0.4 is 10.3 Å². The van der Waals surface area contributed by atoms with Crippen LogP contribution in [0.4, 0.5) is 0 Å². The number of hydrogen-bond donors (Lipinski definition) is 0. The predicted molar refractivity (Wildman–Crippen MR) is 92.6 cm³/mol. The molecule has 0 saturated carbocycles. The number of nitrogens with zero attached hydrogens (tertiary/aromatic N) is 2. The van der Waals surface area contributed by atoms with Crippen LogP contribution >= 0.6 is 0 Å². The fraction of sp³-hybridized carbons (Fsp3) is 0.368. The lowest BCUT2D eigenvalue weighted by Crippen LogP contribution is -2.27. The third-order valence-corrected chi connectivity index (χ3v) is 3.76. The molecule has 1 aromatic carbocycles. The van der Waals surface area contributed by atoms with E-state index in [0.717, 1.165) is 16.8 Å². The van der Waals surface area contributed by atoms with Crippen molar-refractivity contribution in [2.45, 2.75) is 46.8 Å². The highest BCUT2D eigenvalue weighted by Gasteiger charge is 2.21. The maximum atomic E-state index is 12.9. The van der Waals surface area contributed by atoms with Crippen molar-refractivity contribution in [1.29, 1.82) is 0 Å². The van der Waals surface area contributed by atoms with E-state index in [0.29, 0.717) is 24.3 Å². The molecule has 0 aliphatic rings. The molecule has 4 heteroatoms. The van der Waals surface area contributed by atoms with Crippen LogP contribution in [0, 0.1) is 19.3 Å². The molecule has 1 unspecified atom stereocenters. The van der Waals surface area contributed by atoms with Gasteiger partial charge in [-0.1, -0.05) is 37.1 Å². The van der Waals surface area contributed by atoms with Crippen molar-refractivity contribution in [3.63, 3.8) is 0 Å². The van der Waals surface area contributed by atoms with Crippen LogP contribution in [0.1, 0.15) is 32.0 Å². The van der Waals surface area contributed by atoms with Gasteiger partial charge >= 0.3 is 0 Å². The minimum absolute atomic E-state index is 0.154. The van der Waals surface area contributed by atoms with Gasteiger partial charge in [0.2, 0.25) is 0 Å². The van der Waals surface area contributed by atoms with E-state index in [1.54, 1.807) is 6.92 Å². The second-order valence-electron chi connectivity index (χ2n) is 5.37. The molecule has 0 aliphatic carbocycles. The molecular formula is C19H22N2O2. The number of ether oxygens (including phenoxy) is 1. The van der Waals surface area contributed by atoms with E-state index in [2.05, 4.69) is 11.0 Å². The molecule has 2 rings (SSSR count). The average molecular weight is 310 g/mol. The molecule has 2 aromatic rings. The highest BCUT2D eigenvalue weighted by molar-refractivity contribution is 5.73. The molecule has 120 valence electrons. The lowest BCUT2D eigenvalue weighted by Gasteiger charge is -2.19. The Morgan fingerprint density at radius 2 is 2.04 bits per heavy atom. The van der Waals surface area contributed by atoms with Gasteiger partial charge in [0.05, 0.1) is 5.56 Å². The Balaban J connectivity index is 2.83. The highest BCUT2D eigenvalue weighted by atomic mass is 16.5. The summed E-state index contributed by atoms with van der Waals surface area (Å²) in [6, 6.07) is 7.77. The fourth-order valence-corrected chi connectivity index (χ4v) is 2.48. The van der Waals surface area contributed by atoms with Gasteiger partial charge in [-0.3, -0.25) is 4.79 Å². The number of rotatable bonds is 5. The van der Waals surface area contributed by atoms with E-state index in [1.165, 1.54) is 4.68 Å². The molecule has 0 N–H and O–H groups in total. The first-order valence-corrected chi connectivity index (χ1v) is 7.86. The lowest BCUT2D eigenvalue weighted by atomic mass is 10.00. The van der Waals surface area contributed by atoms with E-state index in [4.69, 9.17) is 11.2 Å². The van der Waals surface area contributed by atoms with Crippen molar-refractivity contribution < 1.29 is 4.74 Å². The Hall–Kier alpha value is -2.54. The number of aryl methyl sites for hydroxylation is 3. The molecule has 23 heavy (non-hydrogen) atoms. The standard InChI is InChI=1S/C19H22N2O2/c1-6-14(5)23-18-16(7-2)20-21(8-3)19(22)17(18)15-12-10-9-11-13(15)4/h1,9-12,14H,7-8H2,2-5H3. The predicted octanol–water partition coefficient (Wildman–Crippen LogP) is 3.20. The Morgan fingerprint density at radius 1 is 1.35 bits per heavy atom. The molecule has 0 bridgehead atoms. The fourth-order valence-electron chi connectivity index (χ4n) is 2.48. The zero-order valence-electron chi connectivity index (χ0n) is 14.1. The van der Waals surface area contributed by atoms with Crippen LogP contribution in [-0.2, 0) is 13.0 Å². The van der Waals surface area contributed by atoms with Gasteiger partial charge < -0.3 is 4.74 Å². The summed E-state index contributed by atoms with van der Waals surface area (Å²) < 4.78 is 7.37. The summed E-state index contributed by atoms with van der Waals surface area (Å²) in [5.41, 5.74) is 3.00. The van der Waals surface area contributed by atoms with Gasteiger partial charge in [0.25, 0.3) is 5.56 Å². The highest BCUT2D eigenvalue weighted by Crippen LogP contribution is 2.32. The second-order valence-corrected chi connectivity index (χ2v) is 5.37. The summed E-state index contributed by atoms with van der Waals surface area (Å²) in [4.78, 5) is 12.9. The minimum atomic E-state index is -0.429. The zero-order chi connectivity index (χ0) is 17.0. The molecule has 0 aliphatic heterocycles. The largest absolute Gasteiger partial charge is 0.475 e. The molecule has 4 nitrogen and oxygen atoms in total. The third kappa shape index (κ3) is 3.29. The molecule has 1 heterocycles. The quantitative estimate of drug-likeness (QED) is 0.797. The summed E-state index contributed by atoms with van der Waals surface area (Å²) >= 11 is 0. The molecule has 0 saturated heterocycles. The van der Waals surface area contributed by atoms with Crippen molar-refractivity contribution in [2.24, 2.45) is 0 Å². The average Bonchev–Trinajstić information content (AvgIpc) is 2.56. The first-order chi connectivity index (χ1) is 11.0. The summed E-state index contributed by atoms with van der Waals surface area (Å²) in [5.74, 6) is 3.05. The Bertz CT molecular complexity index is 800.